The van der Waals surface area contributed by atoms with Crippen LogP contribution in [0.25, 0.3) is 11.3 Å². The van der Waals surface area contributed by atoms with Gasteiger partial charge in [0.2, 0.25) is 0 Å². The molecule has 0 saturated heterocycles. The fourth-order valence-corrected chi connectivity index (χ4v) is 3.87. The predicted molar refractivity (Wildman–Crippen MR) is 119 cm³/mol. The summed E-state index contributed by atoms with van der Waals surface area (Å²) in [6.07, 6.45) is 4.96. The number of nitrogens with zero attached hydrogens (tertiary/aromatic N) is 2. The average molecular weight is 456 g/mol. The lowest BCUT2D eigenvalue weighted by atomic mass is 9.91. The number of aromatic nitrogens is 2. The maximum Gasteiger partial charge on any atom is 0.252 e. The Balaban J connectivity index is 1.67. The number of primary amides is 1. The summed E-state index contributed by atoms with van der Waals surface area (Å²) in [5.41, 5.74) is 11.9. The number of benzene rings is 1. The minimum atomic E-state index is -0.879. The normalized spacial score (nSPS) is 18.1. The zero-order valence-electron chi connectivity index (χ0n) is 17.6. The Morgan fingerprint density at radius 1 is 1.00 bits per heavy atom. The molecule has 0 aliphatic heterocycles. The highest BCUT2D eigenvalue weighted by Gasteiger charge is 2.24. The van der Waals surface area contributed by atoms with Crippen molar-refractivity contribution in [3.63, 3.8) is 0 Å². The molecule has 33 heavy (non-hydrogen) atoms. The smallest absolute Gasteiger partial charge is 0.252 e. The van der Waals surface area contributed by atoms with Crippen molar-refractivity contribution in [3.05, 3.63) is 65.6 Å². The zero-order chi connectivity index (χ0) is 23.5. The molecule has 3 aromatic rings. The summed E-state index contributed by atoms with van der Waals surface area (Å²) >= 11 is 0. The number of hydrogen-bond donors (Lipinski definition) is 4. The van der Waals surface area contributed by atoms with E-state index >= 15 is 0 Å². The average Bonchev–Trinajstić information content (AvgIpc) is 2.79. The molecule has 0 radical (unpaired) electrons. The van der Waals surface area contributed by atoms with E-state index in [1.165, 1.54) is 12.3 Å². The van der Waals surface area contributed by atoms with Crippen molar-refractivity contribution in [3.8, 4) is 11.3 Å². The molecule has 6 N–H and O–H groups in total. The Morgan fingerprint density at radius 3 is 2.55 bits per heavy atom. The van der Waals surface area contributed by atoms with Crippen molar-refractivity contribution in [1.82, 2.24) is 9.97 Å². The third-order valence-electron chi connectivity index (χ3n) is 5.61. The molecule has 7 nitrogen and oxygen atoms in total. The molecule has 2 atom stereocenters. The SMILES string of the molecule is NC(=O)c1cc(F)c(N[C@@H]2CCCC[C@@H]2N)nc1Nc1ccnc(-c2cc(F)ccc2F)c1. The van der Waals surface area contributed by atoms with E-state index in [9.17, 15) is 18.0 Å². The number of carbonyl (C=O) groups is 1. The summed E-state index contributed by atoms with van der Waals surface area (Å²) in [6, 6.07) is 6.75. The van der Waals surface area contributed by atoms with E-state index < -0.39 is 23.4 Å². The van der Waals surface area contributed by atoms with Gasteiger partial charge >= 0.3 is 0 Å². The monoisotopic (exact) mass is 456 g/mol. The lowest BCUT2D eigenvalue weighted by molar-refractivity contribution is 0.100. The van der Waals surface area contributed by atoms with Crippen LogP contribution in [-0.2, 0) is 0 Å². The number of rotatable bonds is 6. The molecule has 2 heterocycles. The molecule has 0 spiro atoms. The van der Waals surface area contributed by atoms with Gasteiger partial charge < -0.3 is 22.1 Å². The molecule has 1 fully saturated rings. The molecule has 2 aromatic heterocycles. The number of nitrogens with two attached hydrogens (primary N) is 2. The maximum absolute atomic E-state index is 14.7. The van der Waals surface area contributed by atoms with Crippen molar-refractivity contribution in [2.45, 2.75) is 37.8 Å². The molecule has 4 rings (SSSR count). The molecule has 0 unspecified atom stereocenters. The van der Waals surface area contributed by atoms with Crippen molar-refractivity contribution in [2.75, 3.05) is 10.6 Å². The number of anilines is 3. The van der Waals surface area contributed by atoms with Crippen LogP contribution in [0.5, 0.6) is 0 Å². The van der Waals surface area contributed by atoms with Gasteiger partial charge in [-0.25, -0.2) is 18.2 Å². The highest BCUT2D eigenvalue weighted by atomic mass is 19.1. The van der Waals surface area contributed by atoms with Crippen LogP contribution in [0, 0.1) is 17.5 Å². The second-order valence-electron chi connectivity index (χ2n) is 7.96. The number of carbonyl (C=O) groups excluding carboxylic acids is 1. The number of hydrogen-bond acceptors (Lipinski definition) is 6. The summed E-state index contributed by atoms with van der Waals surface area (Å²) in [5, 5.41) is 5.94. The first kappa shape index (κ1) is 22.5. The zero-order valence-corrected chi connectivity index (χ0v) is 17.6. The summed E-state index contributed by atoms with van der Waals surface area (Å²) in [7, 11) is 0. The Kier molecular flexibility index (Phi) is 6.45. The van der Waals surface area contributed by atoms with Gasteiger partial charge in [0.25, 0.3) is 5.91 Å². The van der Waals surface area contributed by atoms with Gasteiger partial charge in [0, 0.05) is 29.5 Å². The summed E-state index contributed by atoms with van der Waals surface area (Å²) < 4.78 is 42.5. The first-order valence-electron chi connectivity index (χ1n) is 10.5. The fraction of sp³-hybridized carbons (Fsp3) is 0.261. The minimum absolute atomic E-state index is 0.00708. The Bertz CT molecular complexity index is 1190. The van der Waals surface area contributed by atoms with Gasteiger partial charge in [-0.1, -0.05) is 12.8 Å². The first-order valence-corrected chi connectivity index (χ1v) is 10.5. The molecule has 172 valence electrons. The van der Waals surface area contributed by atoms with E-state index in [1.807, 2.05) is 0 Å². The van der Waals surface area contributed by atoms with Crippen molar-refractivity contribution >= 4 is 23.2 Å². The topological polar surface area (TPSA) is 119 Å². The lowest BCUT2D eigenvalue weighted by Crippen LogP contribution is -2.43. The van der Waals surface area contributed by atoms with Crippen LogP contribution in [-0.4, -0.2) is 28.0 Å². The van der Waals surface area contributed by atoms with Gasteiger partial charge in [-0.3, -0.25) is 9.78 Å². The van der Waals surface area contributed by atoms with Crippen LogP contribution in [0.1, 0.15) is 36.0 Å². The summed E-state index contributed by atoms with van der Waals surface area (Å²) in [5.74, 6) is -2.92. The van der Waals surface area contributed by atoms with Crippen LogP contribution in [0.3, 0.4) is 0 Å². The second kappa shape index (κ2) is 9.45. The first-order chi connectivity index (χ1) is 15.8. The van der Waals surface area contributed by atoms with Gasteiger partial charge in [-0.15, -0.1) is 0 Å². The van der Waals surface area contributed by atoms with Crippen LogP contribution in [0.15, 0.2) is 42.6 Å². The van der Waals surface area contributed by atoms with E-state index in [1.54, 1.807) is 6.07 Å². The molecule has 1 aliphatic carbocycles. The third-order valence-corrected chi connectivity index (χ3v) is 5.61. The van der Waals surface area contributed by atoms with Gasteiger partial charge in [0.15, 0.2) is 11.6 Å². The van der Waals surface area contributed by atoms with Gasteiger partial charge in [0.05, 0.1) is 11.3 Å². The number of pyridine rings is 2. The molecule has 10 heteroatoms. The molecule has 1 aromatic carbocycles. The molecule has 1 amide bonds. The van der Waals surface area contributed by atoms with E-state index in [4.69, 9.17) is 11.5 Å². The van der Waals surface area contributed by atoms with Crippen molar-refractivity contribution in [1.29, 1.82) is 0 Å². The van der Waals surface area contributed by atoms with Crippen LogP contribution < -0.4 is 22.1 Å². The number of amides is 1. The maximum atomic E-state index is 14.7. The highest BCUT2D eigenvalue weighted by molar-refractivity contribution is 5.98. The summed E-state index contributed by atoms with van der Waals surface area (Å²) in [6.45, 7) is 0. The number of nitrogens with one attached hydrogen (secondary N) is 2. The summed E-state index contributed by atoms with van der Waals surface area (Å²) in [4.78, 5) is 20.2. The van der Waals surface area contributed by atoms with Crippen LogP contribution in [0.4, 0.5) is 30.5 Å². The van der Waals surface area contributed by atoms with Crippen LogP contribution in [0.2, 0.25) is 0 Å². The molecular formula is C23H23F3N6O. The van der Waals surface area contributed by atoms with E-state index in [-0.39, 0.29) is 40.5 Å². The number of halogens is 3. The van der Waals surface area contributed by atoms with Gasteiger partial charge in [-0.2, -0.15) is 0 Å². The van der Waals surface area contributed by atoms with E-state index in [2.05, 4.69) is 20.6 Å². The quantitative estimate of drug-likeness (QED) is 0.444. The van der Waals surface area contributed by atoms with Crippen LogP contribution >= 0.6 is 0 Å². The molecule has 1 saturated carbocycles. The lowest BCUT2D eigenvalue weighted by Gasteiger charge is -2.30. The second-order valence-corrected chi connectivity index (χ2v) is 7.96. The van der Waals surface area contributed by atoms with E-state index in [0.717, 1.165) is 49.9 Å². The Labute approximate surface area is 188 Å². The highest BCUT2D eigenvalue weighted by Crippen LogP contribution is 2.29. The minimum Gasteiger partial charge on any atom is -0.365 e. The molecule has 1 aliphatic rings. The fourth-order valence-electron chi connectivity index (χ4n) is 3.87. The van der Waals surface area contributed by atoms with E-state index in [0.29, 0.717) is 5.69 Å². The Hall–Kier alpha value is -3.66. The predicted octanol–water partition coefficient (Wildman–Crippen LogP) is 4.09. The van der Waals surface area contributed by atoms with Gasteiger partial charge in [0.1, 0.15) is 17.5 Å². The largest absolute Gasteiger partial charge is 0.365 e. The third kappa shape index (κ3) is 5.06. The standard InChI is InChI=1S/C23H23F3N6O/c24-12-5-6-16(25)14(9-12)20-10-13(7-8-29-20)30-22-15(21(28)33)11-17(26)23(32-22)31-19-4-2-1-3-18(19)27/h5-11,18-19H,1-4,27H2,(H2,28,33)(H2,29,30,31,32)/t18-,19+/m0/s1. The van der Waals surface area contributed by atoms with Crippen molar-refractivity contribution in [2.24, 2.45) is 11.5 Å². The molecule has 0 bridgehead atoms. The Morgan fingerprint density at radius 2 is 1.79 bits per heavy atom. The van der Waals surface area contributed by atoms with Crippen molar-refractivity contribution < 1.29 is 18.0 Å². The van der Waals surface area contributed by atoms with Gasteiger partial charge in [-0.05, 0) is 49.2 Å². The molecular weight excluding hydrogens is 433 g/mol.